The smallest absolute Gasteiger partial charge is 0 e. The van der Waals surface area contributed by atoms with Gasteiger partial charge in [0.05, 0.1) is 0 Å². The molecule has 2 aromatic rings. The number of rotatable bonds is 3. The Labute approximate surface area is 217 Å². The molecule has 0 atom stereocenters. The fourth-order valence-corrected chi connectivity index (χ4v) is 3.24. The Balaban J connectivity index is -0.000000710. The number of carbonyl (C=O) groups excluding carboxylic acids is 1. The second-order valence-electron chi connectivity index (χ2n) is 4.60. The molecule has 26 heavy (non-hydrogen) atoms. The summed E-state index contributed by atoms with van der Waals surface area (Å²) in [6.07, 6.45) is 0. The van der Waals surface area contributed by atoms with E-state index in [9.17, 15) is 4.79 Å². The maximum absolute atomic E-state index is 11.4. The maximum atomic E-state index is 11.4. The molecule has 0 heterocycles. The number of benzene rings is 2. The molecule has 0 spiro atoms. The zero-order chi connectivity index (χ0) is 15.9. The Morgan fingerprint density at radius 3 is 1.81 bits per heavy atom. The molecule has 2 aromatic carbocycles. The quantitative estimate of drug-likeness (QED) is 0.379. The van der Waals surface area contributed by atoms with Crippen molar-refractivity contribution in [2.75, 3.05) is 6.61 Å². The number of fused-ring (bicyclic) bond motifs is 3. The Morgan fingerprint density at radius 2 is 1.42 bits per heavy atom. The summed E-state index contributed by atoms with van der Waals surface area (Å²) in [5.74, 6) is 0.193. The van der Waals surface area contributed by atoms with Crippen LogP contribution in [0.3, 0.4) is 0 Å². The molecular weight excluding hydrogens is 1130 g/mol. The van der Waals surface area contributed by atoms with Gasteiger partial charge in [-0.05, 0) is 0 Å². The molecule has 0 saturated carbocycles. The van der Waals surface area contributed by atoms with E-state index in [0.717, 1.165) is 0 Å². The van der Waals surface area contributed by atoms with Crippen molar-refractivity contribution in [3.63, 3.8) is 0 Å². The van der Waals surface area contributed by atoms with Crippen LogP contribution in [0.4, 0.5) is 4.79 Å². The van der Waals surface area contributed by atoms with Crippen molar-refractivity contribution in [3.8, 4) is 11.1 Å². The van der Waals surface area contributed by atoms with Crippen molar-refractivity contribution < 1.29 is 98.8 Å². The monoisotopic (exact) mass is 1140 g/mol. The minimum atomic E-state index is -2.00. The van der Waals surface area contributed by atoms with E-state index < -0.39 is 40.5 Å². The van der Waals surface area contributed by atoms with Gasteiger partial charge in [-0.1, -0.05) is 0 Å². The van der Waals surface area contributed by atoms with Gasteiger partial charge in [-0.15, -0.1) is 0 Å². The van der Waals surface area contributed by atoms with Crippen LogP contribution in [0, 0.1) is 7.43 Å². The zero-order valence-corrected chi connectivity index (χ0v) is 28.4. The SMILES string of the molecule is [CH3-].[CH3][Sb][C](=O)OCC1c2ccccc2-c2ccccc21.[O]=[W][OH].[W].[W].[W]. The average Bonchev–Trinajstić information content (AvgIpc) is 2.87. The Morgan fingerprint density at radius 1 is 1.04 bits per heavy atom. The van der Waals surface area contributed by atoms with Crippen LogP contribution >= 0.6 is 0 Å². The topological polar surface area (TPSA) is 63.6 Å². The average molecular weight is 1140 g/mol. The van der Waals surface area contributed by atoms with E-state index in [1.165, 1.54) is 22.3 Å². The largest absolute Gasteiger partial charge is 0 e. The number of hydrogen-bond donors (Lipinski definition) is 1. The zero-order valence-electron chi connectivity index (χ0n) is 14.2. The molecule has 1 aliphatic carbocycles. The van der Waals surface area contributed by atoms with Crippen molar-refractivity contribution in [1.82, 2.24) is 0 Å². The molecule has 3 rings (SSSR count). The van der Waals surface area contributed by atoms with Crippen LogP contribution in [0.2, 0.25) is 4.87 Å². The molecule has 0 amide bonds. The van der Waals surface area contributed by atoms with E-state index in [0.29, 0.717) is 6.61 Å². The van der Waals surface area contributed by atoms with Gasteiger partial charge in [-0.3, -0.25) is 0 Å². The van der Waals surface area contributed by atoms with E-state index in [1.807, 2.05) is 4.87 Å². The molecule has 1 aliphatic rings. The molecule has 0 bridgehead atoms. The van der Waals surface area contributed by atoms with Gasteiger partial charge in [0, 0.05) is 63.2 Å². The summed E-state index contributed by atoms with van der Waals surface area (Å²) in [5.41, 5.74) is 5.09. The summed E-state index contributed by atoms with van der Waals surface area (Å²) in [6.45, 7) is 0.469. The molecule has 0 fully saturated rings. The van der Waals surface area contributed by atoms with Crippen molar-refractivity contribution in [1.29, 1.82) is 0 Å². The van der Waals surface area contributed by atoms with Gasteiger partial charge in [0.2, 0.25) is 0 Å². The van der Waals surface area contributed by atoms with Gasteiger partial charge in [-0.2, -0.15) is 0 Å². The third-order valence-electron chi connectivity index (χ3n) is 3.52. The predicted octanol–water partition coefficient (Wildman–Crippen LogP) is 3.45. The molecule has 0 aliphatic heterocycles. The fourth-order valence-electron chi connectivity index (χ4n) is 2.66. The van der Waals surface area contributed by atoms with Gasteiger partial charge in [-0.25, -0.2) is 0 Å². The first-order valence-corrected chi connectivity index (χ1v) is 12.9. The van der Waals surface area contributed by atoms with E-state index >= 15 is 0 Å². The van der Waals surface area contributed by atoms with Gasteiger partial charge >= 0.3 is 149 Å². The van der Waals surface area contributed by atoms with Gasteiger partial charge in [0.15, 0.2) is 0 Å². The van der Waals surface area contributed by atoms with E-state index in [-0.39, 0.29) is 80.5 Å². The maximum Gasteiger partial charge on any atom is 0 e. The van der Waals surface area contributed by atoms with Crippen LogP contribution in [-0.4, -0.2) is 35.9 Å². The molecule has 0 saturated heterocycles. The van der Waals surface area contributed by atoms with Crippen molar-refractivity contribution in [3.05, 3.63) is 67.1 Å². The minimum Gasteiger partial charge on any atom is 0 e. The Hall–Kier alpha value is 1.24. The van der Waals surface area contributed by atoms with Crippen LogP contribution in [-0.2, 0) is 90.2 Å². The second-order valence-corrected chi connectivity index (χ2v) is 7.46. The number of ether oxygens (including phenoxy) is 1. The van der Waals surface area contributed by atoms with Gasteiger partial charge in [0.25, 0.3) is 0 Å². The third kappa shape index (κ3) is 8.31. The van der Waals surface area contributed by atoms with E-state index in [1.54, 1.807) is 0 Å². The molecule has 4 nitrogen and oxygen atoms in total. The van der Waals surface area contributed by atoms with Crippen molar-refractivity contribution in [2.24, 2.45) is 0 Å². The Bertz CT molecular complexity index is 640. The molecule has 1 N–H and O–H groups in total. The summed E-state index contributed by atoms with van der Waals surface area (Å²) in [7, 11) is 0. The van der Waals surface area contributed by atoms with Crippen LogP contribution < -0.4 is 0 Å². The number of hydrogen-bond acceptors (Lipinski definition) is 3. The van der Waals surface area contributed by atoms with Crippen molar-refractivity contribution >= 4 is 25.5 Å². The van der Waals surface area contributed by atoms with Crippen LogP contribution in [0.5, 0.6) is 0 Å². The molecule has 140 valence electrons. The summed E-state index contributed by atoms with van der Waals surface area (Å²) >= 11 is -2.80. The van der Waals surface area contributed by atoms with Crippen molar-refractivity contribution in [2.45, 2.75) is 10.8 Å². The molecule has 1 radical (unpaired) electrons. The van der Waals surface area contributed by atoms with Gasteiger partial charge < -0.3 is 7.43 Å². The summed E-state index contributed by atoms with van der Waals surface area (Å²) in [6, 6.07) is 16.8. The van der Waals surface area contributed by atoms with Crippen LogP contribution in [0.1, 0.15) is 17.0 Å². The van der Waals surface area contributed by atoms with Crippen LogP contribution in [0.25, 0.3) is 11.1 Å². The first kappa shape index (κ1) is 31.9. The molecular formula is C17H18O4SbW4-. The minimum absolute atomic E-state index is 0. The summed E-state index contributed by atoms with van der Waals surface area (Å²) in [5, 5.41) is 0. The molecule has 0 unspecified atom stereocenters. The first-order valence-electron chi connectivity index (χ1n) is 6.61. The summed E-state index contributed by atoms with van der Waals surface area (Å²) < 4.78 is 21.3. The second kappa shape index (κ2) is 17.1. The first-order chi connectivity index (χ1) is 10.7. The molecule has 9 heteroatoms. The number of carbonyl (C=O) groups is 1. The fraction of sp³-hybridized carbons (Fsp3) is 0.176. The predicted molar refractivity (Wildman–Crippen MR) is 86.0 cm³/mol. The van der Waals surface area contributed by atoms with E-state index in [4.69, 9.17) is 11.9 Å². The summed E-state index contributed by atoms with van der Waals surface area (Å²) in [4.78, 5) is 13.4. The standard InChI is InChI=1S/C15H11O2.2CH3.H2O.O.Sb.4W/c16-10-17-9-15-13-7-3-1-5-11(13)12-6-2-4-8-14(12)15;;;;;;;;;/h1-8,15H,9H2;2*1H3;1H2;;;;;;/q;;-1;;;;;;;+1/p-1. The third-order valence-corrected chi connectivity index (χ3v) is 4.93. The van der Waals surface area contributed by atoms with Gasteiger partial charge in [0.1, 0.15) is 0 Å². The molecule has 0 aromatic heterocycles. The normalized spacial score (nSPS) is 9.92. The van der Waals surface area contributed by atoms with E-state index in [2.05, 4.69) is 48.5 Å². The van der Waals surface area contributed by atoms with Crippen LogP contribution in [0.15, 0.2) is 48.5 Å². The Kier molecular flexibility index (Phi) is 21.0.